The average molecular weight is 400 g/mol. The number of nitrogens with zero attached hydrogens (tertiary/aromatic N) is 1. The van der Waals surface area contributed by atoms with E-state index in [4.69, 9.17) is 4.74 Å². The van der Waals surface area contributed by atoms with Gasteiger partial charge in [-0.15, -0.1) is 11.3 Å². The van der Waals surface area contributed by atoms with E-state index in [1.807, 2.05) is 38.1 Å². The van der Waals surface area contributed by atoms with Crippen LogP contribution >= 0.6 is 11.3 Å². The monoisotopic (exact) mass is 399 g/mol. The number of rotatable bonds is 6. The second kappa shape index (κ2) is 7.85. The molecular weight excluding hydrogens is 374 g/mol. The molecule has 2 aromatic heterocycles. The van der Waals surface area contributed by atoms with Crippen LogP contribution in [0.4, 0.5) is 0 Å². The molecule has 0 spiro atoms. The molecule has 2 N–H and O–H groups in total. The van der Waals surface area contributed by atoms with E-state index in [9.17, 15) is 9.59 Å². The number of esters is 1. The van der Waals surface area contributed by atoms with Crippen LogP contribution in [0.5, 0.6) is 0 Å². The van der Waals surface area contributed by atoms with Crippen LogP contribution in [0.15, 0.2) is 29.1 Å². The van der Waals surface area contributed by atoms with Crippen molar-refractivity contribution in [3.63, 3.8) is 0 Å². The van der Waals surface area contributed by atoms with Gasteiger partial charge in [-0.2, -0.15) is 0 Å². The van der Waals surface area contributed by atoms with Gasteiger partial charge in [-0.3, -0.25) is 14.9 Å². The molecule has 0 aliphatic rings. The lowest BCUT2D eigenvalue weighted by atomic mass is 10.0. The van der Waals surface area contributed by atoms with Gasteiger partial charge in [-0.25, -0.2) is 4.98 Å². The van der Waals surface area contributed by atoms with Crippen LogP contribution in [0.3, 0.4) is 0 Å². The third-order valence-corrected chi connectivity index (χ3v) is 5.61. The van der Waals surface area contributed by atoms with Crippen molar-refractivity contribution in [2.24, 2.45) is 0 Å². The first-order valence-electron chi connectivity index (χ1n) is 9.24. The van der Waals surface area contributed by atoms with Crippen molar-refractivity contribution in [2.45, 2.75) is 46.7 Å². The van der Waals surface area contributed by atoms with Crippen LogP contribution in [0.25, 0.3) is 21.3 Å². The van der Waals surface area contributed by atoms with Gasteiger partial charge in [0.1, 0.15) is 16.2 Å². The summed E-state index contributed by atoms with van der Waals surface area (Å²) in [5.74, 6) is 0.152. The van der Waals surface area contributed by atoms with Gasteiger partial charge in [0, 0.05) is 10.4 Å². The van der Waals surface area contributed by atoms with E-state index < -0.39 is 5.54 Å². The van der Waals surface area contributed by atoms with Crippen LogP contribution in [0, 0.1) is 13.8 Å². The summed E-state index contributed by atoms with van der Waals surface area (Å²) in [7, 11) is 0. The van der Waals surface area contributed by atoms with Crippen LogP contribution in [0.1, 0.15) is 37.0 Å². The number of carbonyl (C=O) groups is 1. The van der Waals surface area contributed by atoms with Crippen molar-refractivity contribution in [1.82, 2.24) is 15.3 Å². The summed E-state index contributed by atoms with van der Waals surface area (Å²) >= 11 is 1.50. The molecule has 3 aromatic rings. The normalized spacial score (nSPS) is 11.8. The quantitative estimate of drug-likeness (QED) is 0.618. The highest BCUT2D eigenvalue weighted by Crippen LogP contribution is 2.35. The summed E-state index contributed by atoms with van der Waals surface area (Å²) in [4.78, 5) is 34.1. The number of fused-ring (bicyclic) bond motifs is 1. The summed E-state index contributed by atoms with van der Waals surface area (Å²) < 4.78 is 5.07. The van der Waals surface area contributed by atoms with E-state index in [1.165, 1.54) is 16.9 Å². The molecule has 7 heteroatoms. The van der Waals surface area contributed by atoms with Crippen LogP contribution < -0.4 is 10.9 Å². The Hall–Kier alpha value is -2.51. The Morgan fingerprint density at radius 3 is 2.57 bits per heavy atom. The summed E-state index contributed by atoms with van der Waals surface area (Å²) in [6.07, 6.45) is 0. The van der Waals surface area contributed by atoms with Crippen LogP contribution in [0.2, 0.25) is 0 Å². The number of hydrogen-bond donors (Lipinski definition) is 2. The summed E-state index contributed by atoms with van der Waals surface area (Å²) in [5.41, 5.74) is 2.07. The van der Waals surface area contributed by atoms with Gasteiger partial charge >= 0.3 is 5.97 Å². The van der Waals surface area contributed by atoms with Gasteiger partial charge in [0.15, 0.2) is 0 Å². The number of aromatic amines is 1. The minimum Gasteiger partial charge on any atom is -0.465 e. The van der Waals surface area contributed by atoms with E-state index in [1.54, 1.807) is 20.8 Å². The predicted octanol–water partition coefficient (Wildman–Crippen LogP) is 3.70. The van der Waals surface area contributed by atoms with E-state index in [0.29, 0.717) is 22.6 Å². The Balaban J connectivity index is 1.93. The molecule has 0 aliphatic heterocycles. The lowest BCUT2D eigenvalue weighted by Gasteiger charge is -2.23. The Kier molecular flexibility index (Phi) is 5.67. The second-order valence-corrected chi connectivity index (χ2v) is 8.49. The summed E-state index contributed by atoms with van der Waals surface area (Å²) in [6.45, 7) is 9.87. The molecule has 0 bridgehead atoms. The molecule has 1 aromatic carbocycles. The highest BCUT2D eigenvalue weighted by atomic mass is 32.1. The third-order valence-electron chi connectivity index (χ3n) is 4.61. The molecule has 3 rings (SSSR count). The number of carbonyl (C=O) groups excluding carboxylic acids is 1. The van der Waals surface area contributed by atoms with Crippen molar-refractivity contribution in [3.8, 4) is 11.1 Å². The van der Waals surface area contributed by atoms with Gasteiger partial charge < -0.3 is 9.72 Å². The standard InChI is InChI=1S/C21H25N3O3S/c1-6-27-20(26)21(4,5)22-11-15-23-18(25)17-16(13(3)28-19(17)24-15)14-9-7-12(2)8-10-14/h7-10,22H,6,11H2,1-5H3,(H,23,24,25). The zero-order valence-electron chi connectivity index (χ0n) is 16.8. The lowest BCUT2D eigenvalue weighted by molar-refractivity contribution is -0.149. The molecule has 0 saturated heterocycles. The van der Waals surface area contributed by atoms with Gasteiger partial charge in [0.05, 0.1) is 18.5 Å². The largest absolute Gasteiger partial charge is 0.465 e. The second-order valence-electron chi connectivity index (χ2n) is 7.29. The molecule has 148 valence electrons. The maximum atomic E-state index is 12.8. The summed E-state index contributed by atoms with van der Waals surface area (Å²) in [6, 6.07) is 8.13. The lowest BCUT2D eigenvalue weighted by Crippen LogP contribution is -2.47. The molecule has 0 amide bonds. The SMILES string of the molecule is CCOC(=O)C(C)(C)NCc1nc2sc(C)c(-c3ccc(C)cc3)c2c(=O)[nH]1. The number of hydrogen-bond acceptors (Lipinski definition) is 6. The smallest absolute Gasteiger partial charge is 0.325 e. The minimum absolute atomic E-state index is 0.171. The summed E-state index contributed by atoms with van der Waals surface area (Å²) in [5, 5.41) is 3.72. The number of ether oxygens (including phenoxy) is 1. The first kappa shape index (κ1) is 20.2. The fraction of sp³-hybridized carbons (Fsp3) is 0.381. The fourth-order valence-corrected chi connectivity index (χ4v) is 4.07. The molecule has 0 saturated carbocycles. The Bertz CT molecular complexity index is 1060. The molecule has 0 radical (unpaired) electrons. The maximum Gasteiger partial charge on any atom is 0.325 e. The Morgan fingerprint density at radius 2 is 1.93 bits per heavy atom. The van der Waals surface area contributed by atoms with E-state index in [0.717, 1.165) is 16.0 Å². The van der Waals surface area contributed by atoms with Crippen LogP contribution in [-0.4, -0.2) is 28.1 Å². The van der Waals surface area contributed by atoms with Gasteiger partial charge in [0.25, 0.3) is 5.56 Å². The molecular formula is C21H25N3O3S. The fourth-order valence-electron chi connectivity index (χ4n) is 3.00. The predicted molar refractivity (Wildman–Crippen MR) is 113 cm³/mol. The van der Waals surface area contributed by atoms with Gasteiger partial charge in [-0.05, 0) is 40.2 Å². The van der Waals surface area contributed by atoms with Crippen molar-refractivity contribution in [1.29, 1.82) is 0 Å². The number of thiophene rings is 1. The average Bonchev–Trinajstić information content (AvgIpc) is 2.97. The van der Waals surface area contributed by atoms with E-state index in [-0.39, 0.29) is 18.1 Å². The molecule has 0 unspecified atom stereocenters. The Labute approximate surface area is 168 Å². The van der Waals surface area contributed by atoms with Crippen molar-refractivity contribution >= 4 is 27.5 Å². The number of H-pyrrole nitrogens is 1. The third kappa shape index (κ3) is 4.00. The van der Waals surface area contributed by atoms with Gasteiger partial charge in [0.2, 0.25) is 0 Å². The van der Waals surface area contributed by atoms with Gasteiger partial charge in [-0.1, -0.05) is 29.8 Å². The van der Waals surface area contributed by atoms with Crippen molar-refractivity contribution in [3.05, 3.63) is 50.9 Å². The molecule has 28 heavy (non-hydrogen) atoms. The van der Waals surface area contributed by atoms with Crippen molar-refractivity contribution in [2.75, 3.05) is 6.61 Å². The highest BCUT2D eigenvalue weighted by Gasteiger charge is 2.28. The number of benzene rings is 1. The Morgan fingerprint density at radius 1 is 1.25 bits per heavy atom. The number of aromatic nitrogens is 2. The minimum atomic E-state index is -0.873. The number of aryl methyl sites for hydroxylation is 2. The highest BCUT2D eigenvalue weighted by molar-refractivity contribution is 7.19. The molecule has 0 atom stereocenters. The maximum absolute atomic E-state index is 12.8. The molecule has 6 nitrogen and oxygen atoms in total. The first-order valence-corrected chi connectivity index (χ1v) is 10.1. The molecule has 0 aliphatic carbocycles. The zero-order valence-corrected chi connectivity index (χ0v) is 17.6. The topological polar surface area (TPSA) is 84.1 Å². The van der Waals surface area contributed by atoms with Crippen molar-refractivity contribution < 1.29 is 9.53 Å². The first-order chi connectivity index (χ1) is 13.2. The van der Waals surface area contributed by atoms with Crippen LogP contribution in [-0.2, 0) is 16.1 Å². The van der Waals surface area contributed by atoms with E-state index in [2.05, 4.69) is 15.3 Å². The molecule has 2 heterocycles. The van der Waals surface area contributed by atoms with E-state index >= 15 is 0 Å². The molecule has 0 fully saturated rings. The zero-order chi connectivity index (χ0) is 20.5. The number of nitrogens with one attached hydrogen (secondary N) is 2.